The van der Waals surface area contributed by atoms with E-state index in [1.807, 2.05) is 0 Å². The van der Waals surface area contributed by atoms with E-state index in [1.165, 1.54) is 31.6 Å². The van der Waals surface area contributed by atoms with Crippen LogP contribution >= 0.6 is 0 Å². The number of hydrogen-bond acceptors (Lipinski definition) is 2. The van der Waals surface area contributed by atoms with Gasteiger partial charge in [-0.05, 0) is 46.4 Å². The summed E-state index contributed by atoms with van der Waals surface area (Å²) in [5.74, 6) is 0. The average Bonchev–Trinajstić information content (AvgIpc) is 2.16. The standard InChI is InChI=1S/C12H26N2/c1-5-14(6-2)11-7-9-13-10-8-12(3)4/h8,13H,5-7,9-11H2,1-4H3. The normalized spacial score (nSPS) is 10.6. The molecular weight excluding hydrogens is 172 g/mol. The van der Waals surface area contributed by atoms with Crippen molar-refractivity contribution in [1.82, 2.24) is 10.2 Å². The van der Waals surface area contributed by atoms with Crippen LogP contribution in [0, 0.1) is 0 Å². The van der Waals surface area contributed by atoms with Crippen molar-refractivity contribution in [2.75, 3.05) is 32.7 Å². The third kappa shape index (κ3) is 8.27. The Kier molecular flexibility index (Phi) is 9.00. The van der Waals surface area contributed by atoms with Gasteiger partial charge in [-0.15, -0.1) is 0 Å². The molecule has 0 saturated carbocycles. The van der Waals surface area contributed by atoms with Crippen molar-refractivity contribution in [1.29, 1.82) is 0 Å². The van der Waals surface area contributed by atoms with Crippen molar-refractivity contribution in [3.05, 3.63) is 11.6 Å². The molecule has 0 unspecified atom stereocenters. The molecule has 14 heavy (non-hydrogen) atoms. The van der Waals surface area contributed by atoms with Gasteiger partial charge in [0.25, 0.3) is 0 Å². The average molecular weight is 198 g/mol. The van der Waals surface area contributed by atoms with Crippen molar-refractivity contribution >= 4 is 0 Å². The van der Waals surface area contributed by atoms with E-state index in [-0.39, 0.29) is 0 Å². The maximum Gasteiger partial charge on any atom is 0.0137 e. The van der Waals surface area contributed by atoms with Crippen LogP contribution in [0.3, 0.4) is 0 Å². The second kappa shape index (κ2) is 9.22. The number of nitrogens with zero attached hydrogens (tertiary/aromatic N) is 1. The van der Waals surface area contributed by atoms with Gasteiger partial charge in [-0.25, -0.2) is 0 Å². The molecule has 0 aliphatic rings. The number of rotatable bonds is 8. The van der Waals surface area contributed by atoms with Crippen molar-refractivity contribution in [3.63, 3.8) is 0 Å². The van der Waals surface area contributed by atoms with E-state index in [1.54, 1.807) is 0 Å². The van der Waals surface area contributed by atoms with Gasteiger partial charge in [-0.3, -0.25) is 0 Å². The summed E-state index contributed by atoms with van der Waals surface area (Å²) in [7, 11) is 0. The second-order valence-corrected chi connectivity index (χ2v) is 3.87. The lowest BCUT2D eigenvalue weighted by Gasteiger charge is -2.17. The first kappa shape index (κ1) is 13.7. The van der Waals surface area contributed by atoms with Crippen LogP contribution in [0.4, 0.5) is 0 Å². The third-order valence-electron chi connectivity index (χ3n) is 2.38. The van der Waals surface area contributed by atoms with Crippen molar-refractivity contribution in [2.24, 2.45) is 0 Å². The molecule has 0 aromatic rings. The first-order valence-electron chi connectivity index (χ1n) is 5.77. The van der Waals surface area contributed by atoms with Crippen LogP contribution in [0.5, 0.6) is 0 Å². The predicted octanol–water partition coefficient (Wildman–Crippen LogP) is 2.27. The van der Waals surface area contributed by atoms with Gasteiger partial charge >= 0.3 is 0 Å². The molecule has 0 aliphatic heterocycles. The molecule has 0 bridgehead atoms. The minimum Gasteiger partial charge on any atom is -0.313 e. The lowest BCUT2D eigenvalue weighted by Crippen LogP contribution is -2.27. The highest BCUT2D eigenvalue weighted by molar-refractivity contribution is 4.94. The largest absolute Gasteiger partial charge is 0.313 e. The molecule has 0 rings (SSSR count). The van der Waals surface area contributed by atoms with Gasteiger partial charge in [0.05, 0.1) is 0 Å². The topological polar surface area (TPSA) is 15.3 Å². The molecule has 2 heteroatoms. The highest BCUT2D eigenvalue weighted by atomic mass is 15.1. The van der Waals surface area contributed by atoms with Crippen LogP contribution in [0.15, 0.2) is 11.6 Å². The van der Waals surface area contributed by atoms with Gasteiger partial charge in [0.1, 0.15) is 0 Å². The summed E-state index contributed by atoms with van der Waals surface area (Å²) in [6, 6.07) is 0. The first-order valence-corrected chi connectivity index (χ1v) is 5.77. The Morgan fingerprint density at radius 1 is 1.21 bits per heavy atom. The number of hydrogen-bond donors (Lipinski definition) is 1. The second-order valence-electron chi connectivity index (χ2n) is 3.87. The molecule has 0 aromatic heterocycles. The lowest BCUT2D eigenvalue weighted by atomic mass is 10.3. The van der Waals surface area contributed by atoms with Crippen LogP contribution in [0.2, 0.25) is 0 Å². The summed E-state index contributed by atoms with van der Waals surface area (Å²) in [6.45, 7) is 14.4. The van der Waals surface area contributed by atoms with Crippen molar-refractivity contribution in [2.45, 2.75) is 34.1 Å². The molecule has 84 valence electrons. The van der Waals surface area contributed by atoms with E-state index in [2.05, 4.69) is 44.0 Å². The van der Waals surface area contributed by atoms with E-state index in [4.69, 9.17) is 0 Å². The highest BCUT2D eigenvalue weighted by Crippen LogP contribution is 1.89. The number of allylic oxidation sites excluding steroid dienone is 1. The zero-order valence-corrected chi connectivity index (χ0v) is 10.3. The van der Waals surface area contributed by atoms with Crippen molar-refractivity contribution in [3.8, 4) is 0 Å². The number of nitrogens with one attached hydrogen (secondary N) is 1. The summed E-state index contributed by atoms with van der Waals surface area (Å²) in [5.41, 5.74) is 1.39. The van der Waals surface area contributed by atoms with E-state index in [0.29, 0.717) is 0 Å². The molecule has 0 spiro atoms. The maximum atomic E-state index is 3.42. The molecule has 0 atom stereocenters. The molecular formula is C12H26N2. The highest BCUT2D eigenvalue weighted by Gasteiger charge is 1.96. The quantitative estimate of drug-likeness (QED) is 0.475. The summed E-state index contributed by atoms with van der Waals surface area (Å²) in [4.78, 5) is 2.46. The van der Waals surface area contributed by atoms with Crippen LogP contribution < -0.4 is 5.32 Å². The molecule has 1 N–H and O–H groups in total. The minimum atomic E-state index is 1.01. The van der Waals surface area contributed by atoms with Crippen molar-refractivity contribution < 1.29 is 0 Å². The maximum absolute atomic E-state index is 3.42. The zero-order valence-electron chi connectivity index (χ0n) is 10.3. The van der Waals surface area contributed by atoms with Crippen LogP contribution in [-0.4, -0.2) is 37.6 Å². The molecule has 0 amide bonds. The minimum absolute atomic E-state index is 1.01. The molecule has 0 saturated heterocycles. The smallest absolute Gasteiger partial charge is 0.0137 e. The lowest BCUT2D eigenvalue weighted by molar-refractivity contribution is 0.298. The van der Waals surface area contributed by atoms with Gasteiger partial charge < -0.3 is 10.2 Å². The predicted molar refractivity (Wildman–Crippen MR) is 64.7 cm³/mol. The van der Waals surface area contributed by atoms with Crippen LogP contribution in [0.1, 0.15) is 34.1 Å². The van der Waals surface area contributed by atoms with Gasteiger partial charge in [0.2, 0.25) is 0 Å². The van der Waals surface area contributed by atoms with Gasteiger partial charge in [-0.1, -0.05) is 25.5 Å². The molecule has 0 radical (unpaired) electrons. The van der Waals surface area contributed by atoms with E-state index in [9.17, 15) is 0 Å². The Bertz CT molecular complexity index is 144. The van der Waals surface area contributed by atoms with E-state index in [0.717, 1.165) is 13.1 Å². The Balaban J connectivity index is 3.24. The summed E-state index contributed by atoms with van der Waals surface area (Å²) >= 11 is 0. The SMILES string of the molecule is CCN(CC)CCCNCC=C(C)C. The Labute approximate surface area is 89.4 Å². The third-order valence-corrected chi connectivity index (χ3v) is 2.38. The summed E-state index contributed by atoms with van der Waals surface area (Å²) < 4.78 is 0. The fourth-order valence-electron chi connectivity index (χ4n) is 1.35. The zero-order chi connectivity index (χ0) is 10.8. The first-order chi connectivity index (χ1) is 6.70. The summed E-state index contributed by atoms with van der Waals surface area (Å²) in [5, 5.41) is 3.42. The Morgan fingerprint density at radius 3 is 2.36 bits per heavy atom. The molecule has 0 aromatic carbocycles. The molecule has 0 fully saturated rings. The van der Waals surface area contributed by atoms with Crippen LogP contribution in [0.25, 0.3) is 0 Å². The van der Waals surface area contributed by atoms with Gasteiger partial charge in [0.15, 0.2) is 0 Å². The Hall–Kier alpha value is -0.340. The summed E-state index contributed by atoms with van der Waals surface area (Å²) in [6.07, 6.45) is 3.48. The van der Waals surface area contributed by atoms with E-state index >= 15 is 0 Å². The fraction of sp³-hybridized carbons (Fsp3) is 0.833. The van der Waals surface area contributed by atoms with E-state index < -0.39 is 0 Å². The molecule has 0 heterocycles. The Morgan fingerprint density at radius 2 is 1.86 bits per heavy atom. The van der Waals surface area contributed by atoms with Crippen LogP contribution in [-0.2, 0) is 0 Å². The monoisotopic (exact) mass is 198 g/mol. The molecule has 2 nitrogen and oxygen atoms in total. The van der Waals surface area contributed by atoms with Gasteiger partial charge in [-0.2, -0.15) is 0 Å². The van der Waals surface area contributed by atoms with Gasteiger partial charge in [0, 0.05) is 6.54 Å². The molecule has 0 aliphatic carbocycles. The fourth-order valence-corrected chi connectivity index (χ4v) is 1.35.